The molecule has 1 N–H and O–H groups in total. The lowest BCUT2D eigenvalue weighted by molar-refractivity contribution is -0.121. The van der Waals surface area contributed by atoms with Crippen LogP contribution in [0.5, 0.6) is 0 Å². The third-order valence-corrected chi connectivity index (χ3v) is 6.76. The van der Waals surface area contributed by atoms with Crippen molar-refractivity contribution >= 4 is 5.91 Å². The Morgan fingerprint density at radius 1 is 1.19 bits per heavy atom. The molecule has 2 heterocycles. The first-order chi connectivity index (χ1) is 15.3. The van der Waals surface area contributed by atoms with Crippen LogP contribution in [0.25, 0.3) is 11.3 Å². The van der Waals surface area contributed by atoms with Crippen LogP contribution in [0.4, 0.5) is 0 Å². The third-order valence-electron chi connectivity index (χ3n) is 6.76. The van der Waals surface area contributed by atoms with Gasteiger partial charge in [-0.05, 0) is 57.3 Å². The van der Waals surface area contributed by atoms with Crippen LogP contribution >= 0.6 is 0 Å². The van der Waals surface area contributed by atoms with E-state index in [-0.39, 0.29) is 11.3 Å². The average Bonchev–Trinajstić information content (AvgIpc) is 3.43. The predicted octanol–water partition coefficient (Wildman–Crippen LogP) is 5.48. The Balaban J connectivity index is 1.40. The molecule has 2 aromatic rings. The van der Waals surface area contributed by atoms with Crippen molar-refractivity contribution < 1.29 is 9.32 Å². The summed E-state index contributed by atoms with van der Waals surface area (Å²) in [5, 5.41) is 7.25. The molecule has 0 aliphatic heterocycles. The molecule has 0 spiro atoms. The molecule has 1 fully saturated rings. The lowest BCUT2D eigenvalue weighted by Crippen LogP contribution is -2.32. The zero-order chi connectivity index (χ0) is 22.7. The van der Waals surface area contributed by atoms with E-state index >= 15 is 0 Å². The second-order valence-corrected chi connectivity index (χ2v) is 10.6. The summed E-state index contributed by atoms with van der Waals surface area (Å²) in [4.78, 5) is 22.0. The molecule has 0 unspecified atom stereocenters. The van der Waals surface area contributed by atoms with Crippen LogP contribution in [0.15, 0.2) is 28.9 Å². The lowest BCUT2D eigenvalue weighted by Gasteiger charge is -2.30. The molecule has 0 bridgehead atoms. The van der Waals surface area contributed by atoms with Crippen molar-refractivity contribution in [3.05, 3.63) is 41.6 Å². The molecule has 0 radical (unpaired) electrons. The molecule has 172 valence electrons. The van der Waals surface area contributed by atoms with E-state index in [4.69, 9.17) is 9.51 Å². The molecule has 1 saturated carbocycles. The smallest absolute Gasteiger partial charge is 0.220 e. The Labute approximate surface area is 191 Å². The van der Waals surface area contributed by atoms with Gasteiger partial charge < -0.3 is 9.84 Å². The summed E-state index contributed by atoms with van der Waals surface area (Å²) in [6.45, 7) is 9.15. The normalized spacial score (nSPS) is 23.4. The fourth-order valence-electron chi connectivity index (χ4n) is 4.82. The van der Waals surface area contributed by atoms with Gasteiger partial charge >= 0.3 is 0 Å². The van der Waals surface area contributed by atoms with E-state index in [0.29, 0.717) is 24.2 Å². The van der Waals surface area contributed by atoms with E-state index < -0.39 is 0 Å². The summed E-state index contributed by atoms with van der Waals surface area (Å²) in [6, 6.07) is 1.96. The Morgan fingerprint density at radius 3 is 2.59 bits per heavy atom. The Morgan fingerprint density at radius 2 is 1.97 bits per heavy atom. The molecular weight excluding hydrogens is 400 g/mol. The molecule has 1 atom stereocenters. The maximum atomic E-state index is 12.3. The number of hydrogen-bond acceptors (Lipinski definition) is 5. The molecular formula is C26H36N4O2. The number of aryl methyl sites for hydroxylation is 1. The number of nitrogens with one attached hydrogen (secondary N) is 1. The summed E-state index contributed by atoms with van der Waals surface area (Å²) in [7, 11) is 0. The minimum Gasteiger partial charge on any atom is -0.356 e. The number of aromatic nitrogens is 3. The number of carbonyl (C=O) groups is 1. The van der Waals surface area contributed by atoms with Crippen molar-refractivity contribution in [3.8, 4) is 11.3 Å². The van der Waals surface area contributed by atoms with Gasteiger partial charge in [-0.15, -0.1) is 0 Å². The van der Waals surface area contributed by atoms with Crippen molar-refractivity contribution in [2.45, 2.75) is 84.0 Å². The maximum Gasteiger partial charge on any atom is 0.220 e. The second-order valence-electron chi connectivity index (χ2n) is 10.6. The number of allylic oxidation sites excluding steroid dienone is 2. The van der Waals surface area contributed by atoms with Crippen molar-refractivity contribution in [1.82, 2.24) is 20.4 Å². The SMILES string of the molecule is Cc1cc(-c2cnc(C(C)(C)C)nc2C2CCC(CNC(=O)C[C@@H]3C=CCC3)CC2)on1. The van der Waals surface area contributed by atoms with E-state index in [1.54, 1.807) is 0 Å². The van der Waals surface area contributed by atoms with Gasteiger partial charge in [0.2, 0.25) is 5.91 Å². The first kappa shape index (κ1) is 22.7. The van der Waals surface area contributed by atoms with E-state index in [9.17, 15) is 4.79 Å². The first-order valence-electron chi connectivity index (χ1n) is 12.0. The molecule has 0 saturated heterocycles. The first-order valence-corrected chi connectivity index (χ1v) is 12.0. The fraction of sp³-hybridized carbons (Fsp3) is 0.615. The van der Waals surface area contributed by atoms with Gasteiger partial charge in [-0.25, -0.2) is 9.97 Å². The summed E-state index contributed by atoms with van der Waals surface area (Å²) < 4.78 is 5.57. The van der Waals surface area contributed by atoms with Gasteiger partial charge in [0, 0.05) is 36.6 Å². The van der Waals surface area contributed by atoms with Gasteiger partial charge in [0.1, 0.15) is 5.82 Å². The fourth-order valence-corrected chi connectivity index (χ4v) is 4.82. The predicted molar refractivity (Wildman–Crippen MR) is 125 cm³/mol. The number of nitrogens with zero attached hydrogens (tertiary/aromatic N) is 3. The van der Waals surface area contributed by atoms with E-state index in [1.807, 2.05) is 19.2 Å². The Kier molecular flexibility index (Phi) is 6.77. The number of amides is 1. The topological polar surface area (TPSA) is 80.9 Å². The summed E-state index contributed by atoms with van der Waals surface area (Å²) in [6.07, 6.45) is 13.4. The van der Waals surface area contributed by atoms with E-state index in [0.717, 1.165) is 73.6 Å². The quantitative estimate of drug-likeness (QED) is 0.606. The largest absolute Gasteiger partial charge is 0.356 e. The molecule has 2 aliphatic rings. The van der Waals surface area contributed by atoms with Crippen LogP contribution < -0.4 is 5.32 Å². The Bertz CT molecular complexity index is 964. The van der Waals surface area contributed by atoms with Crippen molar-refractivity contribution in [2.24, 2.45) is 11.8 Å². The number of carbonyl (C=O) groups excluding carboxylic acids is 1. The monoisotopic (exact) mass is 436 g/mol. The standard InChI is InChI=1S/C26H36N4O2/c1-17-13-22(32-30-17)21-16-28-25(26(2,3)4)29-24(21)20-11-9-19(10-12-20)15-27-23(31)14-18-7-5-6-8-18/h5,7,13,16,18-20H,6,8-12,14-15H2,1-4H3,(H,27,31)/t18-,19?,20?/m1/s1. The third kappa shape index (κ3) is 5.45. The molecule has 2 aliphatic carbocycles. The summed E-state index contributed by atoms with van der Waals surface area (Å²) in [5.41, 5.74) is 2.79. The van der Waals surface area contributed by atoms with E-state index in [2.05, 4.69) is 48.4 Å². The highest BCUT2D eigenvalue weighted by molar-refractivity contribution is 5.76. The van der Waals surface area contributed by atoms with Gasteiger partial charge in [0.15, 0.2) is 5.76 Å². The van der Waals surface area contributed by atoms with Crippen LogP contribution in [0, 0.1) is 18.8 Å². The van der Waals surface area contributed by atoms with Crippen LogP contribution in [0.2, 0.25) is 0 Å². The zero-order valence-electron chi connectivity index (χ0n) is 19.9. The van der Waals surface area contributed by atoms with Gasteiger partial charge in [-0.3, -0.25) is 4.79 Å². The van der Waals surface area contributed by atoms with Crippen molar-refractivity contribution in [2.75, 3.05) is 6.54 Å². The lowest BCUT2D eigenvalue weighted by atomic mass is 9.79. The minimum atomic E-state index is -0.111. The molecule has 1 amide bonds. The molecule has 0 aromatic carbocycles. The van der Waals surface area contributed by atoms with Crippen LogP contribution in [0.3, 0.4) is 0 Å². The Hall–Kier alpha value is -2.50. The zero-order valence-corrected chi connectivity index (χ0v) is 19.9. The van der Waals surface area contributed by atoms with Crippen molar-refractivity contribution in [1.29, 1.82) is 0 Å². The van der Waals surface area contributed by atoms with Crippen LogP contribution in [-0.4, -0.2) is 27.6 Å². The second kappa shape index (κ2) is 9.55. The molecule has 4 rings (SSSR count). The van der Waals surface area contributed by atoms with E-state index in [1.165, 1.54) is 0 Å². The summed E-state index contributed by atoms with van der Waals surface area (Å²) >= 11 is 0. The van der Waals surface area contributed by atoms with Crippen LogP contribution in [-0.2, 0) is 10.2 Å². The molecule has 2 aromatic heterocycles. The molecule has 6 nitrogen and oxygen atoms in total. The van der Waals surface area contributed by atoms with Gasteiger partial charge in [0.25, 0.3) is 0 Å². The maximum absolute atomic E-state index is 12.3. The molecule has 32 heavy (non-hydrogen) atoms. The van der Waals surface area contributed by atoms with Gasteiger partial charge in [-0.1, -0.05) is 38.1 Å². The van der Waals surface area contributed by atoms with Gasteiger partial charge in [-0.2, -0.15) is 0 Å². The van der Waals surface area contributed by atoms with Gasteiger partial charge in [0.05, 0.1) is 17.0 Å². The average molecular weight is 437 g/mol. The number of hydrogen-bond donors (Lipinski definition) is 1. The highest BCUT2D eigenvalue weighted by Crippen LogP contribution is 2.39. The highest BCUT2D eigenvalue weighted by Gasteiger charge is 2.29. The minimum absolute atomic E-state index is 0.111. The number of rotatable bonds is 6. The summed E-state index contributed by atoms with van der Waals surface area (Å²) in [5.74, 6) is 3.14. The van der Waals surface area contributed by atoms with Crippen LogP contribution in [0.1, 0.15) is 88.8 Å². The molecule has 6 heteroatoms. The van der Waals surface area contributed by atoms with Crippen molar-refractivity contribution in [3.63, 3.8) is 0 Å². The highest BCUT2D eigenvalue weighted by atomic mass is 16.5.